The number of benzene rings is 3. The average molecular weight is 572 g/mol. The molecule has 1 heterocycles. The predicted molar refractivity (Wildman–Crippen MR) is 160 cm³/mol. The number of carboxylic acid groups (broad SMARTS) is 1. The molecule has 0 saturated carbocycles. The van der Waals surface area contributed by atoms with Crippen molar-refractivity contribution in [2.75, 3.05) is 5.32 Å². The molecule has 1 aromatic heterocycles. The van der Waals surface area contributed by atoms with Crippen molar-refractivity contribution in [3.63, 3.8) is 0 Å². The lowest BCUT2D eigenvalue weighted by Crippen LogP contribution is -2.42. The first-order chi connectivity index (χ1) is 19.6. The van der Waals surface area contributed by atoms with Gasteiger partial charge in [-0.25, -0.2) is 9.78 Å². The van der Waals surface area contributed by atoms with Gasteiger partial charge in [0.1, 0.15) is 17.4 Å². The molecule has 0 fully saturated rings. The van der Waals surface area contributed by atoms with Gasteiger partial charge < -0.3 is 25.2 Å². The number of aromatic nitrogens is 1. The lowest BCUT2D eigenvalue weighted by Gasteiger charge is -2.38. The molecule has 0 radical (unpaired) electrons. The zero-order valence-corrected chi connectivity index (χ0v) is 24.0. The summed E-state index contributed by atoms with van der Waals surface area (Å²) in [4.78, 5) is 28.6. The number of carboxylic acids is 1. The third kappa shape index (κ3) is 6.53. The Bertz CT molecular complexity index is 1390. The second kappa shape index (κ2) is 12.4. The van der Waals surface area contributed by atoms with Crippen LogP contribution in [0.2, 0.25) is 0 Å². The van der Waals surface area contributed by atoms with E-state index in [0.717, 1.165) is 16.7 Å². The lowest BCUT2D eigenvalue weighted by molar-refractivity contribution is -0.148. The first-order valence-electron chi connectivity index (χ1n) is 13.1. The highest BCUT2D eigenvalue weighted by Crippen LogP contribution is 2.43. The summed E-state index contributed by atoms with van der Waals surface area (Å²) >= 11 is 1.31. The number of ether oxygens (including phenoxy) is 1. The normalized spacial score (nSPS) is 13.8. The molecule has 1 atom stereocenters. The van der Waals surface area contributed by atoms with E-state index in [1.165, 1.54) is 11.3 Å². The zero-order valence-electron chi connectivity index (χ0n) is 23.2. The molecule has 8 nitrogen and oxygen atoms in total. The first-order valence-corrected chi connectivity index (χ1v) is 14.0. The monoisotopic (exact) mass is 571 g/mol. The number of rotatable bonds is 12. The Hall–Kier alpha value is -4.34. The number of carbonyl (C=O) groups excluding carboxylic acids is 1. The van der Waals surface area contributed by atoms with E-state index < -0.39 is 28.4 Å². The van der Waals surface area contributed by atoms with Crippen LogP contribution in [0.1, 0.15) is 56.0 Å². The highest BCUT2D eigenvalue weighted by Gasteiger charge is 2.43. The molecule has 9 heteroatoms. The van der Waals surface area contributed by atoms with Crippen LogP contribution in [-0.4, -0.2) is 38.9 Å². The first kappa shape index (κ1) is 29.6. The number of hydrogen-bond acceptors (Lipinski definition) is 8. The molecule has 3 N–H and O–H groups in total. The lowest BCUT2D eigenvalue weighted by atomic mass is 9.77. The highest BCUT2D eigenvalue weighted by molar-refractivity contribution is 7.13. The van der Waals surface area contributed by atoms with Crippen LogP contribution in [0.15, 0.2) is 102 Å². The molecular weight excluding hydrogens is 538 g/mol. The predicted octanol–water partition coefficient (Wildman–Crippen LogP) is 6.45. The number of hydrogen-bond donors (Lipinski definition) is 3. The summed E-state index contributed by atoms with van der Waals surface area (Å²) < 4.78 is 6.36. The van der Waals surface area contributed by atoms with E-state index in [9.17, 15) is 19.9 Å². The van der Waals surface area contributed by atoms with Gasteiger partial charge in [-0.05, 0) is 37.5 Å². The Labute approximate surface area is 243 Å². The second-order valence-corrected chi connectivity index (χ2v) is 11.5. The third-order valence-electron chi connectivity index (χ3n) is 6.62. The number of nitrogens with zero attached hydrogens (tertiary/aromatic N) is 2. The summed E-state index contributed by atoms with van der Waals surface area (Å²) in [6.07, 6.45) is 0.109. The largest absolute Gasteiger partial charge is 0.477 e. The van der Waals surface area contributed by atoms with Crippen LogP contribution in [0.5, 0.6) is 0 Å². The van der Waals surface area contributed by atoms with Crippen molar-refractivity contribution < 1.29 is 24.6 Å². The number of nitrogens with one attached hydrogen (secondary N) is 1. The Morgan fingerprint density at radius 2 is 1.41 bits per heavy atom. The van der Waals surface area contributed by atoms with Crippen LogP contribution in [0.3, 0.4) is 0 Å². The molecule has 1 unspecified atom stereocenters. The molecule has 3 aromatic carbocycles. The van der Waals surface area contributed by atoms with Gasteiger partial charge in [-0.3, -0.25) is 0 Å². The summed E-state index contributed by atoms with van der Waals surface area (Å²) in [6, 6.07) is 30.1. The molecule has 212 valence electrons. The molecule has 0 spiro atoms. The average Bonchev–Trinajstić information content (AvgIpc) is 3.44. The number of aliphatic carboxylic acids is 1. The number of thiazole rings is 1. The van der Waals surface area contributed by atoms with E-state index in [4.69, 9.17) is 9.72 Å². The Balaban J connectivity index is 1.90. The van der Waals surface area contributed by atoms with E-state index in [0.29, 0.717) is 17.1 Å². The molecule has 0 aliphatic heterocycles. The molecule has 0 aliphatic rings. The van der Waals surface area contributed by atoms with Crippen molar-refractivity contribution in [2.24, 2.45) is 5.16 Å². The SMILES string of the molecule is CC(C)(C)OC(CC=O)(CC(=NO)C(=O)O)c1csc(NC(c2ccccc2)(c2ccccc2)c2ccccc2)n1. The van der Waals surface area contributed by atoms with Crippen LogP contribution >= 0.6 is 11.3 Å². The Kier molecular flexibility index (Phi) is 9.00. The Morgan fingerprint density at radius 1 is 0.927 bits per heavy atom. The van der Waals surface area contributed by atoms with E-state index in [1.54, 1.807) is 26.2 Å². The zero-order chi connectivity index (χ0) is 29.5. The fourth-order valence-corrected chi connectivity index (χ4v) is 5.88. The maximum absolute atomic E-state index is 11.9. The van der Waals surface area contributed by atoms with E-state index in [1.807, 2.05) is 54.6 Å². The van der Waals surface area contributed by atoms with Gasteiger partial charge in [-0.15, -0.1) is 11.3 Å². The second-order valence-electron chi connectivity index (χ2n) is 10.6. The summed E-state index contributed by atoms with van der Waals surface area (Å²) in [7, 11) is 0. The van der Waals surface area contributed by atoms with E-state index >= 15 is 0 Å². The Morgan fingerprint density at radius 3 is 1.80 bits per heavy atom. The summed E-state index contributed by atoms with van der Waals surface area (Å²) in [5, 5.41) is 28.0. The van der Waals surface area contributed by atoms with Crippen molar-refractivity contribution in [3.05, 3.63) is 119 Å². The van der Waals surface area contributed by atoms with Gasteiger partial charge in [-0.1, -0.05) is 96.2 Å². The summed E-state index contributed by atoms with van der Waals surface area (Å²) in [6.45, 7) is 5.42. The van der Waals surface area contributed by atoms with Crippen LogP contribution in [0.25, 0.3) is 0 Å². The van der Waals surface area contributed by atoms with Gasteiger partial charge in [0.15, 0.2) is 10.8 Å². The van der Waals surface area contributed by atoms with Crippen LogP contribution < -0.4 is 5.32 Å². The van der Waals surface area contributed by atoms with Crippen molar-refractivity contribution in [1.29, 1.82) is 0 Å². The van der Waals surface area contributed by atoms with Gasteiger partial charge in [0.25, 0.3) is 0 Å². The summed E-state index contributed by atoms with van der Waals surface area (Å²) in [5.41, 5.74) is -0.315. The van der Waals surface area contributed by atoms with Crippen LogP contribution in [0, 0.1) is 0 Å². The molecular formula is C32H33N3O5S. The number of oxime groups is 1. The highest BCUT2D eigenvalue weighted by atomic mass is 32.1. The maximum Gasteiger partial charge on any atom is 0.353 e. The van der Waals surface area contributed by atoms with E-state index in [2.05, 4.69) is 46.9 Å². The number of anilines is 1. The molecule has 4 aromatic rings. The van der Waals surface area contributed by atoms with Gasteiger partial charge in [0.2, 0.25) is 0 Å². The van der Waals surface area contributed by atoms with Gasteiger partial charge in [-0.2, -0.15) is 0 Å². The van der Waals surface area contributed by atoms with Crippen molar-refractivity contribution in [3.8, 4) is 0 Å². The topological polar surface area (TPSA) is 121 Å². The van der Waals surface area contributed by atoms with Crippen molar-refractivity contribution in [1.82, 2.24) is 4.98 Å². The van der Waals surface area contributed by atoms with E-state index in [-0.39, 0.29) is 12.8 Å². The quantitative estimate of drug-likeness (QED) is 0.0587. The minimum atomic E-state index is -1.48. The maximum atomic E-state index is 11.9. The summed E-state index contributed by atoms with van der Waals surface area (Å²) in [5.74, 6) is -1.41. The minimum absolute atomic E-state index is 0.194. The molecule has 0 bridgehead atoms. The standard InChI is InChI=1S/C32H33N3O5S/c1-30(2,3)40-31(19-20-36,21-26(35-39)28(37)38)27-22-41-29(33-27)34-32(23-13-7-4-8-14-23,24-15-9-5-10-16-24)25-17-11-6-12-18-25/h4-18,20,22,39H,19,21H2,1-3H3,(H,33,34)(H,37,38). The van der Waals surface area contributed by atoms with Crippen molar-refractivity contribution in [2.45, 2.75) is 50.4 Å². The minimum Gasteiger partial charge on any atom is -0.477 e. The molecule has 41 heavy (non-hydrogen) atoms. The number of carbonyl (C=O) groups is 2. The molecule has 0 amide bonds. The fraction of sp³-hybridized carbons (Fsp3) is 0.250. The molecule has 4 rings (SSSR count). The van der Waals surface area contributed by atoms with Crippen molar-refractivity contribution >= 4 is 34.4 Å². The van der Waals surface area contributed by atoms with Gasteiger partial charge >= 0.3 is 5.97 Å². The van der Waals surface area contributed by atoms with Crippen LogP contribution in [0.4, 0.5) is 5.13 Å². The molecule has 0 aliphatic carbocycles. The third-order valence-corrected chi connectivity index (χ3v) is 7.38. The molecule has 0 saturated heterocycles. The smallest absolute Gasteiger partial charge is 0.353 e. The number of aldehydes is 1. The van der Waals surface area contributed by atoms with Crippen LogP contribution in [-0.2, 0) is 25.5 Å². The van der Waals surface area contributed by atoms with Gasteiger partial charge in [0, 0.05) is 18.2 Å². The van der Waals surface area contributed by atoms with Gasteiger partial charge in [0.05, 0.1) is 11.3 Å². The fourth-order valence-electron chi connectivity index (χ4n) is 5.02.